The number of hydroxylamine groups is 2. The van der Waals surface area contributed by atoms with Crippen molar-refractivity contribution in [2.45, 2.75) is 6.54 Å². The zero-order valence-corrected chi connectivity index (χ0v) is 8.93. The lowest BCUT2D eigenvalue weighted by atomic mass is 10.2. The van der Waals surface area contributed by atoms with Crippen LogP contribution in [0.1, 0.15) is 5.56 Å². The Kier molecular flexibility index (Phi) is 3.53. The van der Waals surface area contributed by atoms with Gasteiger partial charge in [0.25, 0.3) is 0 Å². The van der Waals surface area contributed by atoms with Crippen molar-refractivity contribution in [2.75, 3.05) is 7.05 Å². The minimum atomic E-state index is 0.471. The Morgan fingerprint density at radius 2 is 2.17 bits per heavy atom. The summed E-state index contributed by atoms with van der Waals surface area (Å²) in [5.74, 6) is 0. The molecule has 0 fully saturated rings. The van der Waals surface area contributed by atoms with E-state index in [0.717, 1.165) is 15.1 Å². The fraction of sp³-hybridized carbons (Fsp3) is 0.250. The third-order valence-electron chi connectivity index (χ3n) is 1.33. The minimum absolute atomic E-state index is 0.471. The summed E-state index contributed by atoms with van der Waals surface area (Å²) in [5, 5.41) is 10.7. The second-order valence-corrected chi connectivity index (χ2v) is 3.95. The highest BCUT2D eigenvalue weighted by Gasteiger charge is 1.99. The molecule has 0 atom stereocenters. The monoisotopic (exact) mass is 249 g/mol. The minimum Gasteiger partial charge on any atom is -0.314 e. The van der Waals surface area contributed by atoms with Crippen LogP contribution in [0.25, 0.3) is 0 Å². The SMILES string of the molecule is CN(O)Cc1cc(Cl)cc(Br)c1. The molecule has 0 heterocycles. The molecular weight excluding hydrogens is 241 g/mol. The van der Waals surface area contributed by atoms with Crippen molar-refractivity contribution in [3.8, 4) is 0 Å². The second kappa shape index (κ2) is 4.23. The topological polar surface area (TPSA) is 23.5 Å². The molecule has 0 saturated carbocycles. The Morgan fingerprint density at radius 3 is 2.67 bits per heavy atom. The van der Waals surface area contributed by atoms with Crippen molar-refractivity contribution < 1.29 is 5.21 Å². The average molecular weight is 251 g/mol. The molecule has 0 spiro atoms. The number of hydrogen-bond acceptors (Lipinski definition) is 2. The lowest BCUT2D eigenvalue weighted by molar-refractivity contribution is -0.0731. The highest BCUT2D eigenvalue weighted by molar-refractivity contribution is 9.10. The Labute approximate surface area is 84.8 Å². The molecule has 1 aromatic carbocycles. The molecule has 0 radical (unpaired) electrons. The molecule has 0 amide bonds. The summed E-state index contributed by atoms with van der Waals surface area (Å²) in [5.41, 5.74) is 0.972. The first-order valence-corrected chi connectivity index (χ1v) is 4.60. The van der Waals surface area contributed by atoms with Gasteiger partial charge in [-0.2, -0.15) is 5.06 Å². The van der Waals surface area contributed by atoms with Crippen LogP contribution >= 0.6 is 27.5 Å². The van der Waals surface area contributed by atoms with Crippen LogP contribution in [0.2, 0.25) is 5.02 Å². The van der Waals surface area contributed by atoms with Gasteiger partial charge in [0.15, 0.2) is 0 Å². The molecule has 12 heavy (non-hydrogen) atoms. The van der Waals surface area contributed by atoms with Gasteiger partial charge in [-0.3, -0.25) is 0 Å². The predicted molar refractivity (Wildman–Crippen MR) is 52.4 cm³/mol. The summed E-state index contributed by atoms with van der Waals surface area (Å²) in [4.78, 5) is 0. The lowest BCUT2D eigenvalue weighted by Crippen LogP contribution is -2.11. The molecule has 2 nitrogen and oxygen atoms in total. The summed E-state index contributed by atoms with van der Waals surface area (Å²) >= 11 is 9.12. The predicted octanol–water partition coefficient (Wildman–Crippen LogP) is 2.92. The van der Waals surface area contributed by atoms with Gasteiger partial charge in [0.05, 0.1) is 0 Å². The first-order valence-electron chi connectivity index (χ1n) is 3.43. The van der Waals surface area contributed by atoms with Crippen LogP contribution in [-0.4, -0.2) is 17.3 Å². The van der Waals surface area contributed by atoms with Gasteiger partial charge >= 0.3 is 0 Å². The highest BCUT2D eigenvalue weighted by atomic mass is 79.9. The second-order valence-electron chi connectivity index (χ2n) is 2.59. The van der Waals surface area contributed by atoms with E-state index in [0.29, 0.717) is 11.6 Å². The Balaban J connectivity index is 2.85. The van der Waals surface area contributed by atoms with E-state index in [1.54, 1.807) is 7.05 Å². The largest absolute Gasteiger partial charge is 0.314 e. The molecule has 0 aromatic heterocycles. The Morgan fingerprint density at radius 1 is 1.50 bits per heavy atom. The van der Waals surface area contributed by atoms with Gasteiger partial charge in [0, 0.05) is 23.1 Å². The molecule has 0 bridgehead atoms. The molecule has 1 rings (SSSR count). The maximum atomic E-state index is 8.96. The first-order chi connectivity index (χ1) is 5.58. The quantitative estimate of drug-likeness (QED) is 0.816. The van der Waals surface area contributed by atoms with Gasteiger partial charge in [0.1, 0.15) is 0 Å². The van der Waals surface area contributed by atoms with E-state index < -0.39 is 0 Å². The third-order valence-corrected chi connectivity index (χ3v) is 2.01. The summed E-state index contributed by atoms with van der Waals surface area (Å²) in [6.45, 7) is 0.471. The molecular formula is C8H9BrClNO. The van der Waals surface area contributed by atoms with Gasteiger partial charge in [-0.1, -0.05) is 27.5 Å². The summed E-state index contributed by atoms with van der Waals surface area (Å²) in [7, 11) is 1.59. The summed E-state index contributed by atoms with van der Waals surface area (Å²) in [6.07, 6.45) is 0. The van der Waals surface area contributed by atoms with E-state index in [1.165, 1.54) is 0 Å². The zero-order valence-electron chi connectivity index (χ0n) is 6.59. The normalized spacial score (nSPS) is 10.8. The number of hydrogen-bond donors (Lipinski definition) is 1. The molecule has 4 heteroatoms. The molecule has 0 aliphatic heterocycles. The van der Waals surface area contributed by atoms with E-state index in [1.807, 2.05) is 18.2 Å². The fourth-order valence-electron chi connectivity index (χ4n) is 0.966. The van der Waals surface area contributed by atoms with Gasteiger partial charge in [-0.25, -0.2) is 0 Å². The van der Waals surface area contributed by atoms with E-state index in [9.17, 15) is 0 Å². The van der Waals surface area contributed by atoms with Crippen LogP contribution < -0.4 is 0 Å². The van der Waals surface area contributed by atoms with Crippen LogP contribution in [0.15, 0.2) is 22.7 Å². The van der Waals surface area contributed by atoms with E-state index >= 15 is 0 Å². The van der Waals surface area contributed by atoms with E-state index in [4.69, 9.17) is 16.8 Å². The third kappa shape index (κ3) is 3.11. The van der Waals surface area contributed by atoms with Gasteiger partial charge < -0.3 is 5.21 Å². The molecule has 0 unspecified atom stereocenters. The molecule has 0 aliphatic carbocycles. The molecule has 0 saturated heterocycles. The van der Waals surface area contributed by atoms with Crippen molar-refractivity contribution in [2.24, 2.45) is 0 Å². The Hall–Kier alpha value is -0.0900. The van der Waals surface area contributed by atoms with Gasteiger partial charge in [0.2, 0.25) is 0 Å². The smallest absolute Gasteiger partial charge is 0.0486 e. The molecule has 1 N–H and O–H groups in total. The number of benzene rings is 1. The van der Waals surface area contributed by atoms with Crippen LogP contribution in [0.4, 0.5) is 0 Å². The molecule has 1 aromatic rings. The van der Waals surface area contributed by atoms with Crippen LogP contribution in [-0.2, 0) is 6.54 Å². The maximum Gasteiger partial charge on any atom is 0.0486 e. The maximum absolute atomic E-state index is 8.96. The van der Waals surface area contributed by atoms with Crippen molar-refractivity contribution >= 4 is 27.5 Å². The summed E-state index contributed by atoms with van der Waals surface area (Å²) in [6, 6.07) is 5.54. The van der Waals surface area contributed by atoms with Crippen LogP contribution in [0.5, 0.6) is 0 Å². The number of halogens is 2. The van der Waals surface area contributed by atoms with Crippen molar-refractivity contribution in [3.63, 3.8) is 0 Å². The number of rotatable bonds is 2. The van der Waals surface area contributed by atoms with E-state index in [2.05, 4.69) is 15.9 Å². The molecule has 0 aliphatic rings. The van der Waals surface area contributed by atoms with Crippen molar-refractivity contribution in [1.82, 2.24) is 5.06 Å². The zero-order chi connectivity index (χ0) is 9.14. The fourth-order valence-corrected chi connectivity index (χ4v) is 1.90. The average Bonchev–Trinajstić information content (AvgIpc) is 1.81. The number of nitrogens with zero attached hydrogens (tertiary/aromatic N) is 1. The highest BCUT2D eigenvalue weighted by Crippen LogP contribution is 2.19. The molecule has 66 valence electrons. The first kappa shape index (κ1) is 9.99. The van der Waals surface area contributed by atoms with Crippen molar-refractivity contribution in [1.29, 1.82) is 0 Å². The Bertz CT molecular complexity index is 258. The standard InChI is InChI=1S/C8H9BrClNO/c1-11(12)5-6-2-7(9)4-8(10)3-6/h2-4,12H,5H2,1H3. The van der Waals surface area contributed by atoms with E-state index in [-0.39, 0.29) is 0 Å². The van der Waals surface area contributed by atoms with Gasteiger partial charge in [-0.05, 0) is 23.8 Å². The van der Waals surface area contributed by atoms with Crippen LogP contribution in [0.3, 0.4) is 0 Å². The van der Waals surface area contributed by atoms with Crippen molar-refractivity contribution in [3.05, 3.63) is 33.3 Å². The van der Waals surface area contributed by atoms with Crippen LogP contribution in [0, 0.1) is 0 Å². The van der Waals surface area contributed by atoms with Gasteiger partial charge in [-0.15, -0.1) is 0 Å². The lowest BCUT2D eigenvalue weighted by Gasteiger charge is -2.08. The summed E-state index contributed by atoms with van der Waals surface area (Å²) < 4.78 is 0.923.